The van der Waals surface area contributed by atoms with Gasteiger partial charge in [0, 0.05) is 27.2 Å². The Labute approximate surface area is 141 Å². The summed E-state index contributed by atoms with van der Waals surface area (Å²) in [6.45, 7) is 1.51. The summed E-state index contributed by atoms with van der Waals surface area (Å²) < 4.78 is 5.12. The van der Waals surface area contributed by atoms with Crippen molar-refractivity contribution in [1.29, 1.82) is 0 Å². The molecule has 128 valence electrons. The third-order valence-electron chi connectivity index (χ3n) is 4.43. The number of anilines is 1. The molecular formula is C17H23N5O2. The van der Waals surface area contributed by atoms with Gasteiger partial charge in [0.25, 0.3) is 5.91 Å². The average molecular weight is 329 g/mol. The molecule has 2 aromatic heterocycles. The number of carbonyl (C=O) groups is 1. The van der Waals surface area contributed by atoms with Gasteiger partial charge in [-0.25, -0.2) is 9.97 Å². The second-order valence-electron chi connectivity index (χ2n) is 6.42. The van der Waals surface area contributed by atoms with Crippen molar-refractivity contribution < 1.29 is 9.21 Å². The molecule has 0 aromatic carbocycles. The molecule has 1 fully saturated rings. The van der Waals surface area contributed by atoms with Crippen molar-refractivity contribution in [3.8, 4) is 0 Å². The minimum absolute atomic E-state index is 0.0664. The molecule has 1 saturated heterocycles. The van der Waals surface area contributed by atoms with E-state index in [4.69, 9.17) is 4.42 Å². The second kappa shape index (κ2) is 7.42. The van der Waals surface area contributed by atoms with E-state index in [2.05, 4.69) is 15.0 Å². The summed E-state index contributed by atoms with van der Waals surface area (Å²) in [5.41, 5.74) is 1.01. The molecule has 3 heterocycles. The third-order valence-corrected chi connectivity index (χ3v) is 4.43. The van der Waals surface area contributed by atoms with E-state index in [-0.39, 0.29) is 5.91 Å². The molecule has 0 spiro atoms. The first-order chi connectivity index (χ1) is 11.6. The van der Waals surface area contributed by atoms with Crippen LogP contribution in [0.3, 0.4) is 0 Å². The van der Waals surface area contributed by atoms with Crippen molar-refractivity contribution in [1.82, 2.24) is 19.9 Å². The Morgan fingerprint density at radius 2 is 2.12 bits per heavy atom. The van der Waals surface area contributed by atoms with Gasteiger partial charge in [-0.05, 0) is 31.6 Å². The second-order valence-corrected chi connectivity index (χ2v) is 6.42. The summed E-state index contributed by atoms with van der Waals surface area (Å²) in [6.07, 6.45) is 10.4. The van der Waals surface area contributed by atoms with Crippen LogP contribution < -0.4 is 4.90 Å². The summed E-state index contributed by atoms with van der Waals surface area (Å²) >= 11 is 0. The van der Waals surface area contributed by atoms with E-state index in [0.29, 0.717) is 11.7 Å². The van der Waals surface area contributed by atoms with Crippen molar-refractivity contribution in [3.05, 3.63) is 36.4 Å². The number of hydrogen-bond acceptors (Lipinski definition) is 6. The Hall–Kier alpha value is -2.44. The fourth-order valence-corrected chi connectivity index (χ4v) is 3.03. The lowest BCUT2D eigenvalue weighted by Gasteiger charge is -2.19. The first kappa shape index (κ1) is 16.4. The number of likely N-dealkylation sites (tertiary alicyclic amines) is 1. The zero-order valence-corrected chi connectivity index (χ0v) is 14.2. The van der Waals surface area contributed by atoms with Crippen LogP contribution in [0.5, 0.6) is 0 Å². The maximum Gasteiger partial charge on any atom is 0.291 e. The molecule has 1 aliphatic heterocycles. The lowest BCUT2D eigenvalue weighted by atomic mass is 9.95. The lowest BCUT2D eigenvalue weighted by Crippen LogP contribution is -2.31. The number of carbonyl (C=O) groups excluding carboxylic acids is 1. The Morgan fingerprint density at radius 1 is 1.25 bits per heavy atom. The van der Waals surface area contributed by atoms with E-state index in [0.717, 1.165) is 50.3 Å². The van der Waals surface area contributed by atoms with Gasteiger partial charge in [-0.15, -0.1) is 0 Å². The van der Waals surface area contributed by atoms with Gasteiger partial charge >= 0.3 is 0 Å². The number of oxazole rings is 1. The Balaban J connectivity index is 1.56. The highest BCUT2D eigenvalue weighted by Crippen LogP contribution is 2.22. The smallest absolute Gasteiger partial charge is 0.291 e. The van der Waals surface area contributed by atoms with E-state index in [9.17, 15) is 4.79 Å². The van der Waals surface area contributed by atoms with Crippen LogP contribution in [0.25, 0.3) is 0 Å². The summed E-state index contributed by atoms with van der Waals surface area (Å²) in [5, 5.41) is 0. The molecule has 2 aromatic rings. The minimum Gasteiger partial charge on any atom is -0.438 e. The molecule has 7 nitrogen and oxygen atoms in total. The highest BCUT2D eigenvalue weighted by atomic mass is 16.3. The largest absolute Gasteiger partial charge is 0.438 e. The highest BCUT2D eigenvalue weighted by molar-refractivity contribution is 5.91. The van der Waals surface area contributed by atoms with E-state index in [1.807, 2.05) is 36.3 Å². The van der Waals surface area contributed by atoms with Crippen LogP contribution in [-0.2, 0) is 6.42 Å². The molecule has 1 aliphatic rings. The first-order valence-corrected chi connectivity index (χ1v) is 8.29. The Morgan fingerprint density at radius 3 is 2.79 bits per heavy atom. The van der Waals surface area contributed by atoms with Crippen LogP contribution in [0.4, 0.5) is 5.82 Å². The normalized spacial score (nSPS) is 18.2. The molecule has 0 radical (unpaired) electrons. The number of aromatic nitrogens is 3. The van der Waals surface area contributed by atoms with Crippen molar-refractivity contribution >= 4 is 11.7 Å². The van der Waals surface area contributed by atoms with Crippen LogP contribution >= 0.6 is 0 Å². The van der Waals surface area contributed by atoms with E-state index in [1.165, 1.54) is 12.6 Å². The van der Waals surface area contributed by atoms with Crippen molar-refractivity contribution in [2.45, 2.75) is 25.7 Å². The zero-order valence-electron chi connectivity index (χ0n) is 14.2. The molecule has 1 unspecified atom stereocenters. The van der Waals surface area contributed by atoms with Crippen molar-refractivity contribution in [2.24, 2.45) is 5.92 Å². The molecule has 7 heteroatoms. The first-order valence-electron chi connectivity index (χ1n) is 8.29. The SMILES string of the molecule is CN(C)c1cnc(CC2CCCN(C(=O)c3cnco3)CC2)cn1. The monoisotopic (exact) mass is 329 g/mol. The molecule has 24 heavy (non-hydrogen) atoms. The van der Waals surface area contributed by atoms with Gasteiger partial charge in [-0.1, -0.05) is 0 Å². The van der Waals surface area contributed by atoms with Crippen molar-refractivity contribution in [3.63, 3.8) is 0 Å². The van der Waals surface area contributed by atoms with Crippen LogP contribution in [0.15, 0.2) is 29.4 Å². The van der Waals surface area contributed by atoms with Crippen LogP contribution in [0.2, 0.25) is 0 Å². The predicted octanol–water partition coefficient (Wildman–Crippen LogP) is 2.02. The molecule has 0 saturated carbocycles. The standard InChI is InChI=1S/C17H23N5O2/c1-21(2)16-11-19-14(9-20-16)8-13-4-3-6-22(7-5-13)17(23)15-10-18-12-24-15/h9-13H,3-8H2,1-2H3. The maximum atomic E-state index is 12.3. The molecular weight excluding hydrogens is 306 g/mol. The van der Waals surface area contributed by atoms with Crippen molar-refractivity contribution in [2.75, 3.05) is 32.1 Å². The third kappa shape index (κ3) is 3.90. The summed E-state index contributed by atoms with van der Waals surface area (Å²) in [7, 11) is 3.91. The molecule has 0 aliphatic carbocycles. The fourth-order valence-electron chi connectivity index (χ4n) is 3.03. The number of nitrogens with zero attached hydrogens (tertiary/aromatic N) is 5. The summed E-state index contributed by atoms with van der Waals surface area (Å²) in [6, 6.07) is 0. The van der Waals surface area contributed by atoms with Gasteiger partial charge < -0.3 is 14.2 Å². The Bertz CT molecular complexity index is 654. The van der Waals surface area contributed by atoms with Crippen LogP contribution in [-0.4, -0.2) is 52.9 Å². The highest BCUT2D eigenvalue weighted by Gasteiger charge is 2.23. The number of hydrogen-bond donors (Lipinski definition) is 0. The number of amides is 1. The topological polar surface area (TPSA) is 75.4 Å². The predicted molar refractivity (Wildman–Crippen MR) is 89.8 cm³/mol. The summed E-state index contributed by atoms with van der Waals surface area (Å²) in [4.78, 5) is 28.9. The zero-order chi connectivity index (χ0) is 16.9. The molecule has 1 atom stereocenters. The van der Waals surface area contributed by atoms with E-state index in [1.54, 1.807) is 0 Å². The minimum atomic E-state index is -0.0664. The summed E-state index contributed by atoms with van der Waals surface area (Å²) in [5.74, 6) is 1.64. The van der Waals surface area contributed by atoms with Crippen LogP contribution in [0.1, 0.15) is 35.5 Å². The van der Waals surface area contributed by atoms with E-state index < -0.39 is 0 Å². The average Bonchev–Trinajstić information content (AvgIpc) is 3.02. The fraction of sp³-hybridized carbons (Fsp3) is 0.529. The van der Waals surface area contributed by atoms with Gasteiger partial charge in [0.1, 0.15) is 5.82 Å². The molecule has 0 bridgehead atoms. The van der Waals surface area contributed by atoms with Gasteiger partial charge in [-0.2, -0.15) is 0 Å². The van der Waals surface area contributed by atoms with Gasteiger partial charge in [0.2, 0.25) is 5.76 Å². The van der Waals surface area contributed by atoms with Gasteiger partial charge in [-0.3, -0.25) is 9.78 Å². The van der Waals surface area contributed by atoms with Crippen LogP contribution in [0, 0.1) is 5.92 Å². The lowest BCUT2D eigenvalue weighted by molar-refractivity contribution is 0.0728. The molecule has 3 rings (SSSR count). The molecule has 0 N–H and O–H groups in total. The quantitative estimate of drug-likeness (QED) is 0.854. The van der Waals surface area contributed by atoms with Gasteiger partial charge in [0.15, 0.2) is 6.39 Å². The Kier molecular flexibility index (Phi) is 5.08. The maximum absolute atomic E-state index is 12.3. The molecule has 1 amide bonds. The van der Waals surface area contributed by atoms with E-state index >= 15 is 0 Å². The number of rotatable bonds is 4. The van der Waals surface area contributed by atoms with Gasteiger partial charge in [0.05, 0.1) is 24.3 Å².